The minimum Gasteiger partial charge on any atom is -0.390 e. The largest absolute Gasteiger partial charge is 0.390 e. The zero-order valence-corrected chi connectivity index (χ0v) is 23.0. The highest BCUT2D eigenvalue weighted by molar-refractivity contribution is 7.89. The van der Waals surface area contributed by atoms with Crippen molar-refractivity contribution >= 4 is 43.4 Å². The molecule has 38 heavy (non-hydrogen) atoms. The Morgan fingerprint density at radius 2 is 1.92 bits per heavy atom. The molecule has 204 valence electrons. The van der Waals surface area contributed by atoms with E-state index < -0.39 is 39.4 Å². The fraction of sp³-hybridized carbons (Fsp3) is 0.444. The quantitative estimate of drug-likeness (QED) is 0.205. The number of benzene rings is 2. The fourth-order valence-corrected chi connectivity index (χ4v) is 6.81. The Bertz CT molecular complexity index is 1370. The molecule has 2 atom stereocenters. The first-order valence-corrected chi connectivity index (χ1v) is 15.2. The van der Waals surface area contributed by atoms with Gasteiger partial charge in [0.1, 0.15) is 5.41 Å². The van der Waals surface area contributed by atoms with Crippen molar-refractivity contribution in [2.45, 2.75) is 62.5 Å². The second-order valence-electron chi connectivity index (χ2n) is 9.84. The summed E-state index contributed by atoms with van der Waals surface area (Å²) >= 11 is 1.36. The maximum absolute atomic E-state index is 13.7. The minimum atomic E-state index is -3.94. The lowest BCUT2D eigenvalue weighted by atomic mass is 9.98. The molecule has 0 saturated heterocycles. The van der Waals surface area contributed by atoms with Crippen LogP contribution in [0.25, 0.3) is 10.2 Å². The van der Waals surface area contributed by atoms with Gasteiger partial charge in [-0.2, -0.15) is 4.31 Å². The van der Waals surface area contributed by atoms with Gasteiger partial charge in [-0.1, -0.05) is 50.1 Å². The minimum absolute atomic E-state index is 0.132. The smallest absolute Gasteiger partial charge is 0.243 e. The van der Waals surface area contributed by atoms with Crippen LogP contribution in [0.1, 0.15) is 44.6 Å². The van der Waals surface area contributed by atoms with Crippen LogP contribution >= 0.6 is 11.3 Å². The summed E-state index contributed by atoms with van der Waals surface area (Å²) in [5, 5.41) is 14.2. The maximum atomic E-state index is 13.7. The van der Waals surface area contributed by atoms with Gasteiger partial charge in [-0.15, -0.1) is 11.3 Å². The van der Waals surface area contributed by atoms with Gasteiger partial charge in [-0.05, 0) is 49.4 Å². The van der Waals surface area contributed by atoms with Gasteiger partial charge < -0.3 is 16.2 Å². The molecule has 0 radical (unpaired) electrons. The number of primary amides is 1. The number of aromatic nitrogens is 1. The van der Waals surface area contributed by atoms with Crippen molar-refractivity contribution in [3.05, 3.63) is 59.6 Å². The molecule has 4 rings (SSSR count). The molecule has 4 N–H and O–H groups in total. The van der Waals surface area contributed by atoms with Crippen LogP contribution in [0.2, 0.25) is 0 Å². The van der Waals surface area contributed by atoms with E-state index >= 15 is 0 Å². The summed E-state index contributed by atoms with van der Waals surface area (Å²) < 4.78 is 29.5. The van der Waals surface area contributed by atoms with Gasteiger partial charge in [0.2, 0.25) is 21.8 Å². The molecule has 0 spiro atoms. The lowest BCUT2D eigenvalue weighted by Gasteiger charge is -2.30. The number of aliphatic hydroxyl groups excluding tert-OH is 1. The standard InChI is InChI=1S/C27H34N4O5S2/c1-2-3-7-14-31(38(35,36)20-10-11-21-24(16-20)37-18-29-21)17-23(32)22(15-19-8-5-4-6-9-19)30-26(34)27(12-13-27)25(28)33/h4-6,8-11,16,18,22-23,32H,2-3,7,12-15,17H2,1H3,(H2,28,33)(H,30,34)/t22-,23+/m0/s1. The average molecular weight is 559 g/mol. The summed E-state index contributed by atoms with van der Waals surface area (Å²) in [6.45, 7) is 2.04. The van der Waals surface area contributed by atoms with E-state index in [-0.39, 0.29) is 24.4 Å². The Kier molecular flexibility index (Phi) is 8.81. The number of aliphatic hydroxyl groups is 1. The Morgan fingerprint density at radius 3 is 2.58 bits per heavy atom. The summed E-state index contributed by atoms with van der Waals surface area (Å²) in [5.74, 6) is -1.22. The molecular weight excluding hydrogens is 524 g/mol. The van der Waals surface area contributed by atoms with Crippen molar-refractivity contribution in [1.82, 2.24) is 14.6 Å². The van der Waals surface area contributed by atoms with Crippen molar-refractivity contribution in [2.75, 3.05) is 13.1 Å². The van der Waals surface area contributed by atoms with Crippen molar-refractivity contribution in [1.29, 1.82) is 0 Å². The van der Waals surface area contributed by atoms with E-state index in [1.165, 1.54) is 21.7 Å². The topological polar surface area (TPSA) is 143 Å². The molecule has 1 aliphatic rings. The van der Waals surface area contributed by atoms with Crippen LogP contribution in [0.4, 0.5) is 0 Å². The highest BCUT2D eigenvalue weighted by Gasteiger charge is 2.56. The molecule has 0 bridgehead atoms. The number of rotatable bonds is 14. The molecule has 2 amide bonds. The number of hydrogen-bond donors (Lipinski definition) is 3. The Morgan fingerprint density at radius 1 is 1.18 bits per heavy atom. The van der Waals surface area contributed by atoms with Crippen LogP contribution in [0.3, 0.4) is 0 Å². The molecule has 1 heterocycles. The fourth-order valence-electron chi connectivity index (χ4n) is 4.50. The van der Waals surface area contributed by atoms with Crippen molar-refractivity contribution in [2.24, 2.45) is 11.1 Å². The highest BCUT2D eigenvalue weighted by Crippen LogP contribution is 2.45. The zero-order chi connectivity index (χ0) is 27.3. The van der Waals surface area contributed by atoms with Gasteiger partial charge in [0.25, 0.3) is 0 Å². The molecule has 2 aromatic carbocycles. The van der Waals surface area contributed by atoms with Crippen LogP contribution in [0.5, 0.6) is 0 Å². The van der Waals surface area contributed by atoms with Crippen LogP contribution in [0.15, 0.2) is 58.9 Å². The van der Waals surface area contributed by atoms with Crippen LogP contribution in [-0.4, -0.2) is 59.9 Å². The second-order valence-corrected chi connectivity index (χ2v) is 12.7. The predicted molar refractivity (Wildman–Crippen MR) is 147 cm³/mol. The van der Waals surface area contributed by atoms with Crippen molar-refractivity contribution < 1.29 is 23.1 Å². The monoisotopic (exact) mass is 558 g/mol. The summed E-state index contributed by atoms with van der Waals surface area (Å²) in [4.78, 5) is 29.3. The van der Waals surface area contributed by atoms with E-state index in [1.54, 1.807) is 17.6 Å². The number of sulfonamides is 1. The molecule has 1 aliphatic carbocycles. The summed E-state index contributed by atoms with van der Waals surface area (Å²) in [5.41, 5.74) is 7.48. The number of unbranched alkanes of at least 4 members (excludes halogenated alkanes) is 2. The molecular formula is C27H34N4O5S2. The third-order valence-corrected chi connectivity index (χ3v) is 9.73. The number of nitrogens with one attached hydrogen (secondary N) is 1. The highest BCUT2D eigenvalue weighted by atomic mass is 32.2. The summed E-state index contributed by atoms with van der Waals surface area (Å²) in [6, 6.07) is 13.3. The third-order valence-electron chi connectivity index (χ3n) is 7.08. The number of hydrogen-bond acceptors (Lipinski definition) is 7. The SMILES string of the molecule is CCCCCN(C[C@@H](O)[C@H](Cc1ccccc1)NC(=O)C1(C(N)=O)CC1)S(=O)(=O)c1ccc2ncsc2c1. The number of nitrogens with two attached hydrogens (primary N) is 1. The van der Waals surface area contributed by atoms with Gasteiger partial charge in [0.15, 0.2) is 0 Å². The van der Waals surface area contributed by atoms with Gasteiger partial charge in [-0.3, -0.25) is 9.59 Å². The molecule has 11 heteroatoms. The van der Waals surface area contributed by atoms with Gasteiger partial charge in [-0.25, -0.2) is 13.4 Å². The number of amides is 2. The van der Waals surface area contributed by atoms with E-state index in [0.29, 0.717) is 19.3 Å². The molecule has 9 nitrogen and oxygen atoms in total. The molecule has 0 unspecified atom stereocenters. The van der Waals surface area contributed by atoms with E-state index in [1.807, 2.05) is 37.3 Å². The summed E-state index contributed by atoms with van der Waals surface area (Å²) in [7, 11) is -3.94. The zero-order valence-electron chi connectivity index (χ0n) is 21.4. The molecule has 1 fully saturated rings. The van der Waals surface area contributed by atoms with Gasteiger partial charge in [0.05, 0.1) is 32.8 Å². The number of thiazole rings is 1. The first kappa shape index (κ1) is 28.2. The third kappa shape index (κ3) is 6.23. The van der Waals surface area contributed by atoms with Gasteiger partial charge in [0, 0.05) is 13.1 Å². The van der Waals surface area contributed by atoms with Crippen molar-refractivity contribution in [3.63, 3.8) is 0 Å². The molecule has 0 aliphatic heterocycles. The van der Waals surface area contributed by atoms with Crippen molar-refractivity contribution in [3.8, 4) is 0 Å². The van der Waals surface area contributed by atoms with Crippen LogP contribution in [0, 0.1) is 5.41 Å². The summed E-state index contributed by atoms with van der Waals surface area (Å²) in [6.07, 6.45) is 2.13. The van der Waals surface area contributed by atoms with E-state index in [4.69, 9.17) is 5.73 Å². The van der Waals surface area contributed by atoms with E-state index in [0.717, 1.165) is 28.6 Å². The van der Waals surface area contributed by atoms with E-state index in [2.05, 4.69) is 10.3 Å². The van der Waals surface area contributed by atoms with Gasteiger partial charge >= 0.3 is 0 Å². The van der Waals surface area contributed by atoms with Crippen LogP contribution in [-0.2, 0) is 26.0 Å². The molecule has 3 aromatic rings. The average Bonchev–Trinajstić information content (AvgIpc) is 3.59. The van der Waals surface area contributed by atoms with E-state index in [9.17, 15) is 23.1 Å². The first-order chi connectivity index (χ1) is 18.2. The normalized spacial score (nSPS) is 16.3. The Balaban J connectivity index is 1.59. The second kappa shape index (κ2) is 11.9. The Hall–Kier alpha value is -2.86. The lowest BCUT2D eigenvalue weighted by Crippen LogP contribution is -2.53. The first-order valence-electron chi connectivity index (χ1n) is 12.8. The predicted octanol–water partition coefficient (Wildman–Crippen LogP) is 2.83. The molecule has 1 aromatic heterocycles. The lowest BCUT2D eigenvalue weighted by molar-refractivity contribution is -0.136. The molecule has 1 saturated carbocycles. The number of fused-ring (bicyclic) bond motifs is 1. The number of carbonyl (C=O) groups excluding carboxylic acids is 2. The maximum Gasteiger partial charge on any atom is 0.243 e. The number of carbonyl (C=O) groups is 2. The van der Waals surface area contributed by atoms with Crippen LogP contribution < -0.4 is 11.1 Å². The number of nitrogens with zero attached hydrogens (tertiary/aromatic N) is 2. The Labute approximate surface area is 227 Å².